The Morgan fingerprint density at radius 1 is 1.17 bits per heavy atom. The van der Waals surface area contributed by atoms with Crippen LogP contribution in [0.1, 0.15) is 33.1 Å². The molecule has 2 N–H and O–H groups in total. The number of hydrogen-bond acceptors (Lipinski definition) is 3. The smallest absolute Gasteiger partial charge is 0.191 e. The Morgan fingerprint density at radius 2 is 1.91 bits per heavy atom. The van der Waals surface area contributed by atoms with E-state index in [-0.39, 0.29) is 17.2 Å². The zero-order valence-corrected chi connectivity index (χ0v) is 14.6. The van der Waals surface area contributed by atoms with Crippen LogP contribution in [-0.2, 0) is 9.84 Å². The van der Waals surface area contributed by atoms with Gasteiger partial charge in [0.15, 0.2) is 15.8 Å². The maximum Gasteiger partial charge on any atom is 0.191 e. The molecule has 0 atom stereocenters. The van der Waals surface area contributed by atoms with Crippen molar-refractivity contribution < 1.29 is 12.8 Å². The lowest BCUT2D eigenvalue weighted by Gasteiger charge is -2.11. The summed E-state index contributed by atoms with van der Waals surface area (Å²) in [5.41, 5.74) is 0. The van der Waals surface area contributed by atoms with Crippen molar-refractivity contribution in [1.82, 2.24) is 10.6 Å². The summed E-state index contributed by atoms with van der Waals surface area (Å²) in [6.45, 7) is 5.64. The van der Waals surface area contributed by atoms with E-state index in [9.17, 15) is 12.8 Å². The molecule has 0 fully saturated rings. The van der Waals surface area contributed by atoms with E-state index in [1.54, 1.807) is 0 Å². The average Bonchev–Trinajstić information content (AvgIpc) is 2.51. The van der Waals surface area contributed by atoms with Crippen molar-refractivity contribution in [1.29, 1.82) is 0 Å². The van der Waals surface area contributed by atoms with Gasteiger partial charge in [-0.1, -0.05) is 31.9 Å². The van der Waals surface area contributed by atoms with Crippen molar-refractivity contribution in [2.24, 2.45) is 4.99 Å². The molecule has 1 aromatic carbocycles. The van der Waals surface area contributed by atoms with Gasteiger partial charge in [-0.2, -0.15) is 0 Å². The summed E-state index contributed by atoms with van der Waals surface area (Å²) in [4.78, 5) is 4.13. The van der Waals surface area contributed by atoms with E-state index in [0.29, 0.717) is 19.0 Å². The fraction of sp³-hybridized carbons (Fsp3) is 0.562. The summed E-state index contributed by atoms with van der Waals surface area (Å²) >= 11 is 0. The van der Waals surface area contributed by atoms with Crippen LogP contribution >= 0.6 is 0 Å². The number of guanidine groups is 1. The van der Waals surface area contributed by atoms with Crippen LogP contribution in [-0.4, -0.2) is 39.8 Å². The van der Waals surface area contributed by atoms with E-state index in [2.05, 4.69) is 22.5 Å². The SMILES string of the molecule is CCCCCN=C(NCC)NCCS(=O)(=O)c1ccccc1F. The van der Waals surface area contributed by atoms with Gasteiger partial charge in [0.05, 0.1) is 5.75 Å². The van der Waals surface area contributed by atoms with Gasteiger partial charge in [-0.05, 0) is 25.5 Å². The van der Waals surface area contributed by atoms with E-state index in [0.717, 1.165) is 25.3 Å². The molecule has 5 nitrogen and oxygen atoms in total. The molecule has 0 aromatic heterocycles. The Balaban J connectivity index is 2.56. The molecule has 0 saturated heterocycles. The Bertz CT molecular complexity index is 603. The molecule has 7 heteroatoms. The topological polar surface area (TPSA) is 70.6 Å². The highest BCUT2D eigenvalue weighted by Crippen LogP contribution is 2.14. The molecule has 0 aliphatic heterocycles. The third-order valence-electron chi connectivity index (χ3n) is 3.21. The Morgan fingerprint density at radius 3 is 2.57 bits per heavy atom. The van der Waals surface area contributed by atoms with Gasteiger partial charge in [-0.25, -0.2) is 12.8 Å². The summed E-state index contributed by atoms with van der Waals surface area (Å²) < 4.78 is 37.9. The fourth-order valence-electron chi connectivity index (χ4n) is 2.01. The fourth-order valence-corrected chi connectivity index (χ4v) is 3.25. The first-order chi connectivity index (χ1) is 11.0. The van der Waals surface area contributed by atoms with Gasteiger partial charge >= 0.3 is 0 Å². The first-order valence-electron chi connectivity index (χ1n) is 8.00. The van der Waals surface area contributed by atoms with Gasteiger partial charge in [0.25, 0.3) is 0 Å². The van der Waals surface area contributed by atoms with Crippen molar-refractivity contribution in [3.8, 4) is 0 Å². The summed E-state index contributed by atoms with van der Waals surface area (Å²) in [7, 11) is -3.65. The molecule has 130 valence electrons. The van der Waals surface area contributed by atoms with Crippen LogP contribution in [0.4, 0.5) is 4.39 Å². The molecule has 0 amide bonds. The third kappa shape index (κ3) is 6.99. The second-order valence-electron chi connectivity index (χ2n) is 5.14. The van der Waals surface area contributed by atoms with E-state index in [4.69, 9.17) is 0 Å². The summed E-state index contributed by atoms with van der Waals surface area (Å²) in [5, 5.41) is 6.05. The standard InChI is InChI=1S/C16H26FN3O2S/c1-3-5-8-11-19-16(18-4-2)20-12-13-23(21,22)15-10-7-6-9-14(15)17/h6-7,9-10H,3-5,8,11-13H2,1-2H3,(H2,18,19,20). The van der Waals surface area contributed by atoms with Gasteiger partial charge in [0.1, 0.15) is 10.7 Å². The Labute approximate surface area is 138 Å². The van der Waals surface area contributed by atoms with Crippen molar-refractivity contribution in [3.63, 3.8) is 0 Å². The van der Waals surface area contributed by atoms with Gasteiger partial charge in [0, 0.05) is 19.6 Å². The Hall–Kier alpha value is -1.63. The lowest BCUT2D eigenvalue weighted by atomic mass is 10.2. The van der Waals surface area contributed by atoms with Crippen molar-refractivity contribution in [2.75, 3.05) is 25.4 Å². The van der Waals surface area contributed by atoms with E-state index in [1.165, 1.54) is 18.2 Å². The quantitative estimate of drug-likeness (QED) is 0.410. The number of nitrogens with zero attached hydrogens (tertiary/aromatic N) is 1. The minimum atomic E-state index is -3.65. The van der Waals surface area contributed by atoms with Crippen LogP contribution in [0.3, 0.4) is 0 Å². The molecule has 0 heterocycles. The van der Waals surface area contributed by atoms with Crippen LogP contribution in [0.5, 0.6) is 0 Å². The molecule has 1 aromatic rings. The van der Waals surface area contributed by atoms with E-state index >= 15 is 0 Å². The van der Waals surface area contributed by atoms with Crippen molar-refractivity contribution >= 4 is 15.8 Å². The maximum absolute atomic E-state index is 13.6. The molecule has 0 saturated carbocycles. The highest BCUT2D eigenvalue weighted by molar-refractivity contribution is 7.91. The highest BCUT2D eigenvalue weighted by Gasteiger charge is 2.18. The largest absolute Gasteiger partial charge is 0.357 e. The number of aliphatic imine (C=N–C) groups is 1. The normalized spacial score (nSPS) is 12.2. The van der Waals surface area contributed by atoms with E-state index < -0.39 is 15.7 Å². The van der Waals surface area contributed by atoms with Crippen molar-refractivity contribution in [2.45, 2.75) is 38.0 Å². The van der Waals surface area contributed by atoms with Gasteiger partial charge in [-0.3, -0.25) is 4.99 Å². The first kappa shape index (κ1) is 19.4. The summed E-state index contributed by atoms with van der Waals surface area (Å²) in [6.07, 6.45) is 3.24. The van der Waals surface area contributed by atoms with Crippen LogP contribution in [0.2, 0.25) is 0 Å². The number of rotatable bonds is 9. The molecule has 0 radical (unpaired) electrons. The maximum atomic E-state index is 13.6. The van der Waals surface area contributed by atoms with E-state index in [1.807, 2.05) is 6.92 Å². The van der Waals surface area contributed by atoms with Gasteiger partial charge in [0.2, 0.25) is 0 Å². The van der Waals surface area contributed by atoms with Crippen LogP contribution in [0, 0.1) is 5.82 Å². The molecular formula is C16H26FN3O2S. The molecule has 23 heavy (non-hydrogen) atoms. The summed E-state index contributed by atoms with van der Waals surface area (Å²) in [6, 6.07) is 5.43. The molecule has 0 spiro atoms. The number of halogens is 1. The lowest BCUT2D eigenvalue weighted by Crippen LogP contribution is -2.39. The zero-order valence-electron chi connectivity index (χ0n) is 13.8. The lowest BCUT2D eigenvalue weighted by molar-refractivity contribution is 0.566. The average molecular weight is 343 g/mol. The molecular weight excluding hydrogens is 317 g/mol. The second-order valence-corrected chi connectivity index (χ2v) is 7.22. The van der Waals surface area contributed by atoms with Gasteiger partial charge in [-0.15, -0.1) is 0 Å². The highest BCUT2D eigenvalue weighted by atomic mass is 32.2. The minimum absolute atomic E-state index is 0.177. The molecule has 1 rings (SSSR count). The number of benzene rings is 1. The monoisotopic (exact) mass is 343 g/mol. The summed E-state index contributed by atoms with van der Waals surface area (Å²) in [5.74, 6) is -0.312. The van der Waals surface area contributed by atoms with Crippen molar-refractivity contribution in [3.05, 3.63) is 30.1 Å². The third-order valence-corrected chi connectivity index (χ3v) is 4.95. The predicted molar refractivity (Wildman–Crippen MR) is 92.0 cm³/mol. The zero-order chi connectivity index (χ0) is 17.1. The van der Waals surface area contributed by atoms with Gasteiger partial charge < -0.3 is 10.6 Å². The molecule has 0 bridgehead atoms. The second kappa shape index (κ2) is 10.2. The first-order valence-corrected chi connectivity index (χ1v) is 9.66. The van der Waals surface area contributed by atoms with Crippen LogP contribution in [0.25, 0.3) is 0 Å². The number of nitrogens with one attached hydrogen (secondary N) is 2. The minimum Gasteiger partial charge on any atom is -0.357 e. The Kier molecular flexibility index (Phi) is 8.61. The van der Waals surface area contributed by atoms with Crippen LogP contribution < -0.4 is 10.6 Å². The number of sulfone groups is 1. The van der Waals surface area contributed by atoms with Crippen LogP contribution in [0.15, 0.2) is 34.2 Å². The molecule has 0 aliphatic carbocycles. The number of unbranched alkanes of at least 4 members (excludes halogenated alkanes) is 2. The molecule has 0 unspecified atom stereocenters. The molecule has 0 aliphatic rings. The predicted octanol–water partition coefficient (Wildman–Crippen LogP) is 2.34. The number of hydrogen-bond donors (Lipinski definition) is 2.